The maximum absolute atomic E-state index is 11.9. The van der Waals surface area contributed by atoms with Crippen molar-refractivity contribution in [3.05, 3.63) is 44.2 Å². The molecule has 0 aliphatic rings. The third-order valence-electron chi connectivity index (χ3n) is 2.84. The number of thiophene rings is 1. The fraction of sp³-hybridized carbons (Fsp3) is 0.462. The molecular formula is C13H18ClN3OS. The van der Waals surface area contributed by atoms with E-state index in [1.54, 1.807) is 20.5 Å². The number of aromatic nitrogens is 2. The Morgan fingerprint density at radius 3 is 2.63 bits per heavy atom. The largest absolute Gasteiger partial charge is 0.328 e. The van der Waals surface area contributed by atoms with E-state index in [0.29, 0.717) is 6.54 Å². The molecule has 0 unspecified atom stereocenters. The summed E-state index contributed by atoms with van der Waals surface area (Å²) in [5.41, 5.74) is 0.0721. The minimum Gasteiger partial charge on any atom is -0.310 e. The van der Waals surface area contributed by atoms with Crippen molar-refractivity contribution in [1.82, 2.24) is 14.5 Å². The third kappa shape index (κ3) is 3.96. The molecule has 2 aromatic heterocycles. The normalized spacial score (nSPS) is 11.1. The summed E-state index contributed by atoms with van der Waals surface area (Å²) in [7, 11) is 0. The van der Waals surface area contributed by atoms with Crippen LogP contribution in [0.1, 0.15) is 18.2 Å². The van der Waals surface area contributed by atoms with Gasteiger partial charge in [0.05, 0.1) is 4.34 Å². The molecule has 0 saturated heterocycles. The van der Waals surface area contributed by atoms with Gasteiger partial charge in [-0.05, 0) is 18.6 Å². The first-order valence-electron chi connectivity index (χ1n) is 6.41. The lowest BCUT2D eigenvalue weighted by molar-refractivity contribution is 0.564. The summed E-state index contributed by atoms with van der Waals surface area (Å²) in [6.07, 6.45) is 4.67. The smallest absolute Gasteiger partial charge is 0.310 e. The Labute approximate surface area is 121 Å². The molecule has 0 aliphatic carbocycles. The van der Waals surface area contributed by atoms with Gasteiger partial charge < -0.3 is 5.32 Å². The van der Waals surface area contributed by atoms with E-state index in [2.05, 4.69) is 12.2 Å². The van der Waals surface area contributed by atoms with Gasteiger partial charge in [-0.15, -0.1) is 11.3 Å². The van der Waals surface area contributed by atoms with Crippen LogP contribution in [0.4, 0.5) is 0 Å². The maximum atomic E-state index is 11.9. The van der Waals surface area contributed by atoms with Gasteiger partial charge in [0.2, 0.25) is 0 Å². The molecule has 104 valence electrons. The van der Waals surface area contributed by atoms with Gasteiger partial charge in [0, 0.05) is 43.4 Å². The third-order valence-corrected chi connectivity index (χ3v) is 4.07. The first kappa shape index (κ1) is 14.4. The Balaban J connectivity index is 1.78. The molecule has 0 radical (unpaired) electrons. The number of aryl methyl sites for hydroxylation is 1. The van der Waals surface area contributed by atoms with Gasteiger partial charge in [-0.25, -0.2) is 4.79 Å². The average molecular weight is 300 g/mol. The number of imidazole rings is 1. The molecule has 4 nitrogen and oxygen atoms in total. The molecule has 0 atom stereocenters. The van der Waals surface area contributed by atoms with Gasteiger partial charge in [0.25, 0.3) is 0 Å². The van der Waals surface area contributed by atoms with Crippen LogP contribution >= 0.6 is 22.9 Å². The second-order valence-electron chi connectivity index (χ2n) is 4.35. The molecule has 0 aromatic carbocycles. The molecule has 0 bridgehead atoms. The van der Waals surface area contributed by atoms with E-state index in [1.807, 2.05) is 24.5 Å². The summed E-state index contributed by atoms with van der Waals surface area (Å²) in [5.74, 6) is 0. The first-order valence-corrected chi connectivity index (χ1v) is 7.60. The Kier molecular flexibility index (Phi) is 5.24. The Bertz CT molecular complexity index is 572. The van der Waals surface area contributed by atoms with Crippen molar-refractivity contribution in [3.63, 3.8) is 0 Å². The lowest BCUT2D eigenvalue weighted by atomic mass is 10.4. The highest BCUT2D eigenvalue weighted by molar-refractivity contribution is 7.16. The number of hydrogen-bond acceptors (Lipinski definition) is 3. The van der Waals surface area contributed by atoms with Crippen molar-refractivity contribution in [2.45, 2.75) is 33.0 Å². The summed E-state index contributed by atoms with van der Waals surface area (Å²) in [6.45, 7) is 5.10. The van der Waals surface area contributed by atoms with Gasteiger partial charge in [-0.3, -0.25) is 9.13 Å². The van der Waals surface area contributed by atoms with E-state index in [1.165, 1.54) is 4.88 Å². The Morgan fingerprint density at radius 1 is 1.26 bits per heavy atom. The number of halogens is 1. The van der Waals surface area contributed by atoms with E-state index in [0.717, 1.165) is 30.4 Å². The van der Waals surface area contributed by atoms with Crippen LogP contribution < -0.4 is 11.0 Å². The second-order valence-corrected chi connectivity index (χ2v) is 6.15. The van der Waals surface area contributed by atoms with Crippen LogP contribution in [0.3, 0.4) is 0 Å². The van der Waals surface area contributed by atoms with Gasteiger partial charge in [-0.1, -0.05) is 18.5 Å². The van der Waals surface area contributed by atoms with Gasteiger partial charge in [0.15, 0.2) is 0 Å². The van der Waals surface area contributed by atoms with Gasteiger partial charge in [-0.2, -0.15) is 0 Å². The van der Waals surface area contributed by atoms with Crippen LogP contribution in [-0.4, -0.2) is 15.7 Å². The highest BCUT2D eigenvalue weighted by Gasteiger charge is 2.02. The van der Waals surface area contributed by atoms with E-state index >= 15 is 0 Å². The minimum absolute atomic E-state index is 0.0721. The van der Waals surface area contributed by atoms with E-state index in [4.69, 9.17) is 11.6 Å². The van der Waals surface area contributed by atoms with E-state index < -0.39 is 0 Å². The predicted molar refractivity (Wildman–Crippen MR) is 80.0 cm³/mol. The number of nitrogens with zero attached hydrogens (tertiary/aromatic N) is 2. The highest BCUT2D eigenvalue weighted by Crippen LogP contribution is 2.20. The molecule has 0 spiro atoms. The van der Waals surface area contributed by atoms with Gasteiger partial charge in [0.1, 0.15) is 0 Å². The monoisotopic (exact) mass is 299 g/mol. The zero-order valence-electron chi connectivity index (χ0n) is 10.9. The minimum atomic E-state index is 0.0721. The summed E-state index contributed by atoms with van der Waals surface area (Å²) < 4.78 is 4.30. The maximum Gasteiger partial charge on any atom is 0.328 e. The fourth-order valence-corrected chi connectivity index (χ4v) is 2.95. The van der Waals surface area contributed by atoms with Crippen molar-refractivity contribution in [2.75, 3.05) is 6.54 Å². The molecular weight excluding hydrogens is 282 g/mol. The van der Waals surface area contributed by atoms with Crippen molar-refractivity contribution in [1.29, 1.82) is 0 Å². The number of nitrogens with one attached hydrogen (secondary N) is 1. The number of hydrogen-bond donors (Lipinski definition) is 1. The molecule has 0 fully saturated rings. The summed E-state index contributed by atoms with van der Waals surface area (Å²) in [5, 5.41) is 3.31. The van der Waals surface area contributed by atoms with Crippen LogP contribution in [0.5, 0.6) is 0 Å². The lowest BCUT2D eigenvalue weighted by Gasteiger charge is -2.03. The first-order chi connectivity index (χ1) is 9.20. The van der Waals surface area contributed by atoms with Crippen LogP contribution in [0, 0.1) is 0 Å². The quantitative estimate of drug-likeness (QED) is 0.798. The molecule has 0 amide bonds. The zero-order chi connectivity index (χ0) is 13.7. The second kappa shape index (κ2) is 6.93. The van der Waals surface area contributed by atoms with E-state index in [-0.39, 0.29) is 5.69 Å². The zero-order valence-corrected chi connectivity index (χ0v) is 12.5. The topological polar surface area (TPSA) is 39.0 Å². The molecule has 19 heavy (non-hydrogen) atoms. The van der Waals surface area contributed by atoms with Crippen LogP contribution in [-0.2, 0) is 19.6 Å². The molecule has 2 heterocycles. The fourth-order valence-electron chi connectivity index (χ4n) is 1.89. The van der Waals surface area contributed by atoms with E-state index in [9.17, 15) is 4.79 Å². The standard InChI is InChI=1S/C13H18ClN3OS/c1-2-6-16-8-9-17(13(16)18)7-5-15-10-11-3-4-12(14)19-11/h3-4,8-9,15H,2,5-7,10H2,1H3. The van der Waals surface area contributed by atoms with Gasteiger partial charge >= 0.3 is 5.69 Å². The van der Waals surface area contributed by atoms with Crippen LogP contribution in [0.25, 0.3) is 0 Å². The summed E-state index contributed by atoms with van der Waals surface area (Å²) in [6, 6.07) is 3.92. The summed E-state index contributed by atoms with van der Waals surface area (Å²) in [4.78, 5) is 13.1. The molecule has 0 aliphatic heterocycles. The molecule has 2 rings (SSSR count). The molecule has 1 N–H and O–H groups in total. The van der Waals surface area contributed by atoms with Crippen molar-refractivity contribution < 1.29 is 0 Å². The summed E-state index contributed by atoms with van der Waals surface area (Å²) >= 11 is 7.44. The Hall–Kier alpha value is -1.04. The average Bonchev–Trinajstić information content (AvgIpc) is 2.95. The van der Waals surface area contributed by atoms with Crippen molar-refractivity contribution >= 4 is 22.9 Å². The number of rotatable bonds is 7. The van der Waals surface area contributed by atoms with Crippen LogP contribution in [0.2, 0.25) is 4.34 Å². The molecule has 2 aromatic rings. The van der Waals surface area contributed by atoms with Crippen molar-refractivity contribution in [2.24, 2.45) is 0 Å². The predicted octanol–water partition coefficient (Wildman–Crippen LogP) is 2.56. The highest BCUT2D eigenvalue weighted by atomic mass is 35.5. The molecule has 6 heteroatoms. The lowest BCUT2D eigenvalue weighted by Crippen LogP contribution is -2.28. The molecule has 0 saturated carbocycles. The van der Waals surface area contributed by atoms with Crippen molar-refractivity contribution in [3.8, 4) is 0 Å². The Morgan fingerprint density at radius 2 is 2.00 bits per heavy atom. The SMILES string of the molecule is CCCn1ccn(CCNCc2ccc(Cl)s2)c1=O. The van der Waals surface area contributed by atoms with Crippen LogP contribution in [0.15, 0.2) is 29.3 Å².